The third-order valence-electron chi connectivity index (χ3n) is 4.45. The third kappa shape index (κ3) is 4.41. The summed E-state index contributed by atoms with van der Waals surface area (Å²) in [7, 11) is 0. The molecule has 1 amide bonds. The van der Waals surface area contributed by atoms with Crippen LogP contribution in [-0.2, 0) is 11.2 Å². The number of rotatable bonds is 7. The molecule has 0 spiro atoms. The molecule has 1 unspecified atom stereocenters. The fourth-order valence-corrected chi connectivity index (χ4v) is 3.54. The molecule has 138 valence electrons. The number of aromatic nitrogens is 2. The minimum absolute atomic E-state index is 0.0321. The summed E-state index contributed by atoms with van der Waals surface area (Å²) < 4.78 is 5.27. The molecule has 0 aliphatic rings. The average Bonchev–Trinajstić information content (AvgIpc) is 3.38. The van der Waals surface area contributed by atoms with E-state index in [1.165, 1.54) is 0 Å². The van der Waals surface area contributed by atoms with E-state index in [-0.39, 0.29) is 11.9 Å². The SMILES string of the molecule is CCN(C(=O)CCc1nc(-c2ccsc2)no1)C(C)c1ccc(C#N)cc1. The van der Waals surface area contributed by atoms with Crippen molar-refractivity contribution in [2.45, 2.75) is 32.7 Å². The lowest BCUT2D eigenvalue weighted by atomic mass is 10.0. The topological polar surface area (TPSA) is 83.0 Å². The Morgan fingerprint density at radius 1 is 1.33 bits per heavy atom. The first-order valence-electron chi connectivity index (χ1n) is 8.77. The van der Waals surface area contributed by atoms with Crippen molar-refractivity contribution < 1.29 is 9.32 Å². The quantitative estimate of drug-likeness (QED) is 0.613. The summed E-state index contributed by atoms with van der Waals surface area (Å²) in [6, 6.07) is 11.3. The highest BCUT2D eigenvalue weighted by atomic mass is 32.1. The van der Waals surface area contributed by atoms with Crippen molar-refractivity contribution in [3.05, 3.63) is 58.1 Å². The highest BCUT2D eigenvalue weighted by Crippen LogP contribution is 2.22. The van der Waals surface area contributed by atoms with Crippen LogP contribution < -0.4 is 0 Å². The van der Waals surface area contributed by atoms with Gasteiger partial charge >= 0.3 is 0 Å². The largest absolute Gasteiger partial charge is 0.339 e. The highest BCUT2D eigenvalue weighted by Gasteiger charge is 2.21. The molecule has 3 rings (SSSR count). The molecule has 0 radical (unpaired) electrons. The Morgan fingerprint density at radius 2 is 2.11 bits per heavy atom. The lowest BCUT2D eigenvalue weighted by molar-refractivity contribution is -0.133. The van der Waals surface area contributed by atoms with Crippen molar-refractivity contribution in [2.75, 3.05) is 6.54 Å². The van der Waals surface area contributed by atoms with Crippen molar-refractivity contribution in [3.8, 4) is 17.5 Å². The number of carbonyl (C=O) groups is 1. The molecule has 0 aliphatic heterocycles. The normalized spacial score (nSPS) is 11.7. The maximum Gasteiger partial charge on any atom is 0.227 e. The van der Waals surface area contributed by atoms with Gasteiger partial charge in [0.15, 0.2) is 0 Å². The van der Waals surface area contributed by atoms with Crippen LogP contribution in [0.25, 0.3) is 11.4 Å². The fourth-order valence-electron chi connectivity index (χ4n) is 2.91. The van der Waals surface area contributed by atoms with Crippen LogP contribution in [0.15, 0.2) is 45.6 Å². The standard InChI is InChI=1S/C20H20N4O2S/c1-3-24(14(2)16-6-4-15(12-21)5-7-16)19(25)9-8-18-22-20(23-26-18)17-10-11-27-13-17/h4-7,10-11,13-14H,3,8-9H2,1-2H3. The first kappa shape index (κ1) is 18.8. The van der Waals surface area contributed by atoms with Crippen LogP contribution >= 0.6 is 11.3 Å². The van der Waals surface area contributed by atoms with Crippen LogP contribution in [0.5, 0.6) is 0 Å². The first-order valence-corrected chi connectivity index (χ1v) is 9.71. The molecule has 0 bridgehead atoms. The average molecular weight is 380 g/mol. The molecule has 2 aromatic heterocycles. The molecule has 0 saturated carbocycles. The smallest absolute Gasteiger partial charge is 0.227 e. The monoisotopic (exact) mass is 380 g/mol. The number of hydrogen-bond acceptors (Lipinski definition) is 6. The molecule has 0 N–H and O–H groups in total. The Bertz CT molecular complexity index is 926. The predicted octanol–water partition coefficient (Wildman–Crippen LogP) is 4.21. The highest BCUT2D eigenvalue weighted by molar-refractivity contribution is 7.08. The first-order chi connectivity index (χ1) is 13.1. The van der Waals surface area contributed by atoms with E-state index in [0.717, 1.165) is 11.1 Å². The second-order valence-corrected chi connectivity index (χ2v) is 6.89. The molecule has 0 fully saturated rings. The fraction of sp³-hybridized carbons (Fsp3) is 0.300. The van der Waals surface area contributed by atoms with Gasteiger partial charge in [-0.05, 0) is 43.0 Å². The summed E-state index contributed by atoms with van der Waals surface area (Å²) in [5, 5.41) is 16.8. The molecule has 6 nitrogen and oxygen atoms in total. The second kappa shape index (κ2) is 8.60. The van der Waals surface area contributed by atoms with Gasteiger partial charge < -0.3 is 9.42 Å². The molecule has 0 aliphatic carbocycles. The summed E-state index contributed by atoms with van der Waals surface area (Å²) in [5.41, 5.74) is 2.53. The summed E-state index contributed by atoms with van der Waals surface area (Å²) in [6.45, 7) is 4.55. The maximum absolute atomic E-state index is 12.7. The van der Waals surface area contributed by atoms with Gasteiger partial charge in [-0.1, -0.05) is 17.3 Å². The Hall–Kier alpha value is -2.98. The van der Waals surface area contributed by atoms with Crippen LogP contribution in [0.3, 0.4) is 0 Å². The predicted molar refractivity (Wildman–Crippen MR) is 103 cm³/mol. The Labute approximate surface area is 162 Å². The van der Waals surface area contributed by atoms with Crippen molar-refractivity contribution in [3.63, 3.8) is 0 Å². The summed E-state index contributed by atoms with van der Waals surface area (Å²) >= 11 is 1.57. The van der Waals surface area contributed by atoms with E-state index in [1.54, 1.807) is 23.5 Å². The van der Waals surface area contributed by atoms with E-state index in [0.29, 0.717) is 36.7 Å². The number of amides is 1. The molecular weight excluding hydrogens is 360 g/mol. The number of benzene rings is 1. The van der Waals surface area contributed by atoms with Gasteiger partial charge in [-0.3, -0.25) is 4.79 Å². The van der Waals surface area contributed by atoms with E-state index in [1.807, 2.05) is 47.7 Å². The number of thiophene rings is 1. The van der Waals surface area contributed by atoms with Crippen molar-refractivity contribution >= 4 is 17.2 Å². The number of nitrogens with zero attached hydrogens (tertiary/aromatic N) is 4. The van der Waals surface area contributed by atoms with Gasteiger partial charge in [-0.15, -0.1) is 0 Å². The molecule has 7 heteroatoms. The summed E-state index contributed by atoms with van der Waals surface area (Å²) in [4.78, 5) is 18.9. The lowest BCUT2D eigenvalue weighted by Crippen LogP contribution is -2.33. The van der Waals surface area contributed by atoms with Gasteiger partial charge in [0.05, 0.1) is 17.7 Å². The van der Waals surface area contributed by atoms with Gasteiger partial charge in [0, 0.05) is 30.3 Å². The van der Waals surface area contributed by atoms with Gasteiger partial charge in [0.25, 0.3) is 0 Å². The van der Waals surface area contributed by atoms with Crippen LogP contribution in [-0.4, -0.2) is 27.5 Å². The van der Waals surface area contributed by atoms with E-state index in [4.69, 9.17) is 9.78 Å². The summed E-state index contributed by atoms with van der Waals surface area (Å²) in [6.07, 6.45) is 0.715. The van der Waals surface area contributed by atoms with Gasteiger partial charge in [-0.25, -0.2) is 0 Å². The molecule has 0 saturated heterocycles. The lowest BCUT2D eigenvalue weighted by Gasteiger charge is -2.28. The summed E-state index contributed by atoms with van der Waals surface area (Å²) in [5.74, 6) is 1.05. The van der Waals surface area contributed by atoms with E-state index in [9.17, 15) is 4.79 Å². The second-order valence-electron chi connectivity index (χ2n) is 6.11. The Morgan fingerprint density at radius 3 is 2.74 bits per heavy atom. The minimum Gasteiger partial charge on any atom is -0.339 e. The molecule has 1 atom stereocenters. The molecule has 3 aromatic rings. The molecule has 2 heterocycles. The van der Waals surface area contributed by atoms with Crippen molar-refractivity contribution in [1.82, 2.24) is 15.0 Å². The van der Waals surface area contributed by atoms with Gasteiger partial charge in [-0.2, -0.15) is 21.6 Å². The molecule has 1 aromatic carbocycles. The van der Waals surface area contributed by atoms with Crippen LogP contribution in [0.4, 0.5) is 0 Å². The van der Waals surface area contributed by atoms with Crippen LogP contribution in [0.2, 0.25) is 0 Å². The Kier molecular flexibility index (Phi) is 5.99. The van der Waals surface area contributed by atoms with E-state index >= 15 is 0 Å². The maximum atomic E-state index is 12.7. The van der Waals surface area contributed by atoms with Crippen LogP contribution in [0.1, 0.15) is 43.3 Å². The van der Waals surface area contributed by atoms with Crippen LogP contribution in [0, 0.1) is 11.3 Å². The van der Waals surface area contributed by atoms with Gasteiger partial charge in [0.1, 0.15) is 0 Å². The number of nitriles is 1. The molecular formula is C20H20N4O2S. The van der Waals surface area contributed by atoms with Crippen molar-refractivity contribution in [2.24, 2.45) is 0 Å². The van der Waals surface area contributed by atoms with Crippen molar-refractivity contribution in [1.29, 1.82) is 5.26 Å². The zero-order chi connectivity index (χ0) is 19.2. The number of aryl methyl sites for hydroxylation is 1. The van der Waals surface area contributed by atoms with E-state index in [2.05, 4.69) is 16.2 Å². The number of carbonyl (C=O) groups excluding carboxylic acids is 1. The zero-order valence-electron chi connectivity index (χ0n) is 15.3. The Balaban J connectivity index is 1.62. The minimum atomic E-state index is -0.0701. The van der Waals surface area contributed by atoms with E-state index < -0.39 is 0 Å². The molecule has 27 heavy (non-hydrogen) atoms. The third-order valence-corrected chi connectivity index (χ3v) is 5.13. The van der Waals surface area contributed by atoms with Gasteiger partial charge in [0.2, 0.25) is 17.6 Å². The number of hydrogen-bond donors (Lipinski definition) is 0. The zero-order valence-corrected chi connectivity index (χ0v) is 16.1.